The molecule has 2 N–H and O–H groups in total. The number of thiophene rings is 1. The number of nitrogens with two attached hydrogens (primary N) is 1. The lowest BCUT2D eigenvalue weighted by Gasteiger charge is -2.25. The Morgan fingerprint density at radius 3 is 2.88 bits per heavy atom. The van der Waals surface area contributed by atoms with Gasteiger partial charge in [-0.15, -0.1) is 11.3 Å². The molecule has 0 radical (unpaired) electrons. The molecule has 0 aromatic carbocycles. The maximum absolute atomic E-state index is 13.3. The van der Waals surface area contributed by atoms with Crippen molar-refractivity contribution < 1.29 is 9.15 Å². The van der Waals surface area contributed by atoms with Gasteiger partial charge < -0.3 is 19.5 Å². The molecule has 0 aliphatic carbocycles. The van der Waals surface area contributed by atoms with Crippen molar-refractivity contribution in [2.24, 2.45) is 5.73 Å². The Kier molecular flexibility index (Phi) is 3.90. The van der Waals surface area contributed by atoms with E-state index in [2.05, 4.69) is 6.07 Å². The van der Waals surface area contributed by atoms with E-state index in [9.17, 15) is 10.1 Å². The zero-order valence-electron chi connectivity index (χ0n) is 13.9. The van der Waals surface area contributed by atoms with E-state index < -0.39 is 5.92 Å². The number of ether oxygens (including phenoxy) is 1. The van der Waals surface area contributed by atoms with Crippen LogP contribution in [0.15, 0.2) is 62.6 Å². The van der Waals surface area contributed by atoms with Gasteiger partial charge in [-0.05, 0) is 30.5 Å². The molecule has 4 heterocycles. The number of fused-ring (bicyclic) bond motifs is 1. The van der Waals surface area contributed by atoms with Crippen molar-refractivity contribution in [1.29, 1.82) is 5.26 Å². The number of rotatable bonds is 3. The van der Waals surface area contributed by atoms with Crippen LogP contribution >= 0.6 is 11.3 Å². The molecule has 0 saturated heterocycles. The van der Waals surface area contributed by atoms with Gasteiger partial charge in [0.2, 0.25) is 5.88 Å². The second-order valence-electron chi connectivity index (χ2n) is 5.97. The van der Waals surface area contributed by atoms with Gasteiger partial charge in [-0.2, -0.15) is 5.26 Å². The Bertz CT molecular complexity index is 1090. The van der Waals surface area contributed by atoms with E-state index in [1.807, 2.05) is 24.4 Å². The van der Waals surface area contributed by atoms with Crippen LogP contribution in [0.5, 0.6) is 5.75 Å². The van der Waals surface area contributed by atoms with Crippen LogP contribution in [0, 0.1) is 18.3 Å². The third-order valence-corrected chi connectivity index (χ3v) is 5.27. The second kappa shape index (κ2) is 6.24. The highest BCUT2D eigenvalue weighted by Gasteiger charge is 2.36. The average molecular weight is 365 g/mol. The Balaban J connectivity index is 1.94. The number of hydrogen-bond donors (Lipinski definition) is 1. The monoisotopic (exact) mass is 365 g/mol. The molecule has 0 amide bonds. The van der Waals surface area contributed by atoms with Gasteiger partial charge in [0.05, 0.1) is 24.3 Å². The summed E-state index contributed by atoms with van der Waals surface area (Å²) in [7, 11) is 0. The van der Waals surface area contributed by atoms with Crippen LogP contribution in [0.2, 0.25) is 0 Å². The Morgan fingerprint density at radius 2 is 2.23 bits per heavy atom. The number of furan rings is 1. The number of nitrogens with zero attached hydrogens (tertiary/aromatic N) is 2. The molecule has 1 atom stereocenters. The first-order valence-corrected chi connectivity index (χ1v) is 8.86. The van der Waals surface area contributed by atoms with Crippen molar-refractivity contribution in [3.8, 4) is 11.8 Å². The van der Waals surface area contributed by atoms with Gasteiger partial charge in [0.1, 0.15) is 23.2 Å². The molecule has 0 saturated carbocycles. The van der Waals surface area contributed by atoms with Crippen LogP contribution in [0.4, 0.5) is 0 Å². The zero-order valence-corrected chi connectivity index (χ0v) is 14.7. The van der Waals surface area contributed by atoms with Crippen LogP contribution in [0.25, 0.3) is 0 Å². The highest BCUT2D eigenvalue weighted by molar-refractivity contribution is 7.09. The molecule has 0 bridgehead atoms. The molecular formula is C19H15N3O3S. The van der Waals surface area contributed by atoms with Crippen molar-refractivity contribution in [3.05, 3.63) is 85.7 Å². The number of aryl methyl sites for hydroxylation is 1. The van der Waals surface area contributed by atoms with E-state index in [1.54, 1.807) is 34.1 Å². The quantitative estimate of drug-likeness (QED) is 0.770. The van der Waals surface area contributed by atoms with Crippen molar-refractivity contribution in [1.82, 2.24) is 4.57 Å². The van der Waals surface area contributed by atoms with Crippen molar-refractivity contribution >= 4 is 11.3 Å². The molecule has 1 aliphatic rings. The number of pyridine rings is 1. The molecule has 1 unspecified atom stereocenters. The molecule has 26 heavy (non-hydrogen) atoms. The Morgan fingerprint density at radius 1 is 1.38 bits per heavy atom. The lowest BCUT2D eigenvalue weighted by molar-refractivity contribution is 0.379. The van der Waals surface area contributed by atoms with E-state index in [0.717, 1.165) is 10.6 Å². The average Bonchev–Trinajstić information content (AvgIpc) is 3.31. The van der Waals surface area contributed by atoms with Crippen molar-refractivity contribution in [3.63, 3.8) is 0 Å². The molecule has 3 aromatic heterocycles. The lowest BCUT2D eigenvalue weighted by atomic mass is 9.88. The third-order valence-electron chi connectivity index (χ3n) is 4.41. The standard InChI is InChI=1S/C19H15N3O3S/c1-11-8-15-17(19(23)22(11)10-12-4-3-7-26-12)16(14-5-2-6-24-14)13(9-20)18(21)25-15/h2-8,16H,10,21H2,1H3. The van der Waals surface area contributed by atoms with Gasteiger partial charge in [0, 0.05) is 16.6 Å². The van der Waals surface area contributed by atoms with E-state index in [4.69, 9.17) is 14.9 Å². The SMILES string of the molecule is Cc1cc2c(c(=O)n1Cc1cccs1)C(c1ccco1)C(C#N)=C(N)O2. The summed E-state index contributed by atoms with van der Waals surface area (Å²) >= 11 is 1.59. The van der Waals surface area contributed by atoms with Gasteiger partial charge in [0.25, 0.3) is 5.56 Å². The predicted octanol–water partition coefficient (Wildman–Crippen LogP) is 3.08. The van der Waals surface area contributed by atoms with E-state index in [1.165, 1.54) is 6.26 Å². The summed E-state index contributed by atoms with van der Waals surface area (Å²) in [6.45, 7) is 2.31. The molecule has 4 rings (SSSR count). The maximum atomic E-state index is 13.3. The van der Waals surface area contributed by atoms with Crippen LogP contribution < -0.4 is 16.0 Å². The van der Waals surface area contributed by atoms with E-state index in [-0.39, 0.29) is 17.0 Å². The van der Waals surface area contributed by atoms with Gasteiger partial charge in [-0.3, -0.25) is 4.79 Å². The highest BCUT2D eigenvalue weighted by atomic mass is 32.1. The van der Waals surface area contributed by atoms with Crippen molar-refractivity contribution in [2.45, 2.75) is 19.4 Å². The Labute approximate surface area is 153 Å². The fraction of sp³-hybridized carbons (Fsp3) is 0.158. The first-order chi connectivity index (χ1) is 12.6. The first-order valence-electron chi connectivity index (χ1n) is 7.98. The summed E-state index contributed by atoms with van der Waals surface area (Å²) in [5.74, 6) is 0.170. The van der Waals surface area contributed by atoms with Gasteiger partial charge in [0.15, 0.2) is 0 Å². The number of hydrogen-bond acceptors (Lipinski definition) is 6. The summed E-state index contributed by atoms with van der Waals surface area (Å²) in [4.78, 5) is 14.4. The summed E-state index contributed by atoms with van der Waals surface area (Å²) < 4.78 is 12.8. The normalized spacial score (nSPS) is 16.1. The minimum atomic E-state index is -0.679. The zero-order chi connectivity index (χ0) is 18.3. The molecule has 7 heteroatoms. The molecular weight excluding hydrogens is 350 g/mol. The summed E-state index contributed by atoms with van der Waals surface area (Å²) in [5, 5.41) is 11.5. The topological polar surface area (TPSA) is 94.2 Å². The molecule has 1 aliphatic heterocycles. The van der Waals surface area contributed by atoms with E-state index >= 15 is 0 Å². The molecule has 130 valence electrons. The van der Waals surface area contributed by atoms with E-state index in [0.29, 0.717) is 23.6 Å². The van der Waals surface area contributed by atoms with Crippen LogP contribution in [-0.4, -0.2) is 4.57 Å². The number of nitriles is 1. The number of aromatic nitrogens is 1. The predicted molar refractivity (Wildman–Crippen MR) is 96.9 cm³/mol. The lowest BCUT2D eigenvalue weighted by Crippen LogP contribution is -2.32. The molecule has 6 nitrogen and oxygen atoms in total. The molecule has 0 spiro atoms. The first kappa shape index (κ1) is 16.2. The summed E-state index contributed by atoms with van der Waals surface area (Å²) in [6, 6.07) is 11.2. The van der Waals surface area contributed by atoms with Gasteiger partial charge in [-0.1, -0.05) is 6.07 Å². The van der Waals surface area contributed by atoms with Gasteiger partial charge in [-0.25, -0.2) is 0 Å². The van der Waals surface area contributed by atoms with Crippen LogP contribution in [-0.2, 0) is 6.54 Å². The minimum Gasteiger partial charge on any atom is -0.468 e. The molecule has 0 fully saturated rings. The summed E-state index contributed by atoms with van der Waals surface area (Å²) in [6.07, 6.45) is 1.51. The second-order valence-corrected chi connectivity index (χ2v) is 7.01. The smallest absolute Gasteiger partial charge is 0.259 e. The highest BCUT2D eigenvalue weighted by Crippen LogP contribution is 2.40. The third kappa shape index (κ3) is 2.52. The van der Waals surface area contributed by atoms with Crippen LogP contribution in [0.1, 0.15) is 27.8 Å². The van der Waals surface area contributed by atoms with Crippen molar-refractivity contribution in [2.75, 3.05) is 0 Å². The fourth-order valence-corrected chi connectivity index (χ4v) is 3.87. The maximum Gasteiger partial charge on any atom is 0.259 e. The fourth-order valence-electron chi connectivity index (χ4n) is 3.18. The Hall–Kier alpha value is -3.24. The largest absolute Gasteiger partial charge is 0.468 e. The minimum absolute atomic E-state index is 0.00351. The molecule has 3 aromatic rings. The number of allylic oxidation sites excluding steroid dienone is 1. The summed E-state index contributed by atoms with van der Waals surface area (Å²) in [5.41, 5.74) is 7.03. The van der Waals surface area contributed by atoms with Gasteiger partial charge >= 0.3 is 0 Å². The van der Waals surface area contributed by atoms with Crippen LogP contribution in [0.3, 0.4) is 0 Å².